The molecule has 2 aliphatic heterocycles. The van der Waals surface area contributed by atoms with Crippen molar-refractivity contribution in [2.75, 3.05) is 13.1 Å². The van der Waals surface area contributed by atoms with Crippen molar-refractivity contribution in [3.05, 3.63) is 22.4 Å². The molecule has 1 aromatic heterocycles. The van der Waals surface area contributed by atoms with Crippen LogP contribution in [0.5, 0.6) is 0 Å². The molecule has 0 spiro atoms. The van der Waals surface area contributed by atoms with Gasteiger partial charge in [-0.2, -0.15) is 11.3 Å². The summed E-state index contributed by atoms with van der Waals surface area (Å²) < 4.78 is 12.4. The van der Waals surface area contributed by atoms with Crippen molar-refractivity contribution in [3.63, 3.8) is 0 Å². The van der Waals surface area contributed by atoms with Crippen LogP contribution in [0.1, 0.15) is 39.2 Å². The van der Waals surface area contributed by atoms with Crippen molar-refractivity contribution in [3.8, 4) is 0 Å². The van der Waals surface area contributed by atoms with Gasteiger partial charge in [-0.1, -0.05) is 0 Å². The quantitative estimate of drug-likeness (QED) is 0.849. The van der Waals surface area contributed by atoms with Crippen LogP contribution in [0.15, 0.2) is 16.8 Å². The van der Waals surface area contributed by atoms with E-state index in [1.54, 1.807) is 11.3 Å². The molecule has 0 aromatic carbocycles. The molecule has 2 aliphatic rings. The summed E-state index contributed by atoms with van der Waals surface area (Å²) in [5, 5.41) is 7.88. The third-order valence-electron chi connectivity index (χ3n) is 4.85. The minimum Gasteiger partial charge on any atom is -0.403 e. The Morgan fingerprint density at radius 2 is 1.85 bits per heavy atom. The van der Waals surface area contributed by atoms with Crippen LogP contribution in [0.4, 0.5) is 0 Å². The molecular formula is C14H23BClNO2S. The molecule has 2 fully saturated rings. The highest BCUT2D eigenvalue weighted by Crippen LogP contribution is 2.45. The average Bonchev–Trinajstić information content (AvgIpc) is 3.00. The summed E-state index contributed by atoms with van der Waals surface area (Å²) in [4.78, 5) is 0. The van der Waals surface area contributed by atoms with Crippen molar-refractivity contribution in [2.24, 2.45) is 0 Å². The first-order valence-corrected chi connectivity index (χ1v) is 7.93. The van der Waals surface area contributed by atoms with Gasteiger partial charge in [-0.25, -0.2) is 0 Å². The molecule has 2 unspecified atom stereocenters. The van der Waals surface area contributed by atoms with Gasteiger partial charge in [0, 0.05) is 12.4 Å². The predicted molar refractivity (Wildman–Crippen MR) is 87.0 cm³/mol. The SMILES string of the molecule is CC1(C)OB(C2CNCC2c2ccsc2)OC1(C)C.Cl. The van der Waals surface area contributed by atoms with Crippen LogP contribution in [0.3, 0.4) is 0 Å². The summed E-state index contributed by atoms with van der Waals surface area (Å²) >= 11 is 1.76. The molecule has 0 saturated carbocycles. The van der Waals surface area contributed by atoms with E-state index in [1.807, 2.05) is 0 Å². The summed E-state index contributed by atoms with van der Waals surface area (Å²) in [5.41, 5.74) is 0.938. The Morgan fingerprint density at radius 1 is 1.20 bits per heavy atom. The van der Waals surface area contributed by atoms with Gasteiger partial charge in [-0.05, 0) is 62.5 Å². The molecule has 0 amide bonds. The normalized spacial score (nSPS) is 31.3. The highest BCUT2D eigenvalue weighted by atomic mass is 35.5. The van der Waals surface area contributed by atoms with Gasteiger partial charge in [0.1, 0.15) is 0 Å². The van der Waals surface area contributed by atoms with Crippen LogP contribution >= 0.6 is 23.7 Å². The predicted octanol–water partition coefficient (Wildman–Crippen LogP) is 3.32. The Morgan fingerprint density at radius 3 is 2.40 bits per heavy atom. The van der Waals surface area contributed by atoms with Gasteiger partial charge in [0.2, 0.25) is 0 Å². The second-order valence-corrected chi connectivity index (χ2v) is 7.39. The van der Waals surface area contributed by atoms with Gasteiger partial charge in [0.25, 0.3) is 0 Å². The Balaban J connectivity index is 0.00000147. The molecule has 3 heterocycles. The minimum absolute atomic E-state index is 0. The van der Waals surface area contributed by atoms with Crippen LogP contribution in [0, 0.1) is 0 Å². The van der Waals surface area contributed by atoms with Crippen molar-refractivity contribution in [1.29, 1.82) is 0 Å². The van der Waals surface area contributed by atoms with E-state index in [9.17, 15) is 0 Å². The molecular weight excluding hydrogens is 292 g/mol. The first-order valence-electron chi connectivity index (χ1n) is 6.99. The summed E-state index contributed by atoms with van der Waals surface area (Å²) in [7, 11) is -0.107. The Kier molecular flexibility index (Phi) is 4.58. The van der Waals surface area contributed by atoms with Gasteiger partial charge in [0.15, 0.2) is 0 Å². The van der Waals surface area contributed by atoms with Crippen LogP contribution in [0.25, 0.3) is 0 Å². The molecule has 3 rings (SSSR count). The minimum atomic E-state index is -0.237. The lowest BCUT2D eigenvalue weighted by Crippen LogP contribution is -2.41. The van der Waals surface area contributed by atoms with E-state index in [-0.39, 0.29) is 30.7 Å². The monoisotopic (exact) mass is 315 g/mol. The number of hydrogen-bond donors (Lipinski definition) is 1. The zero-order chi connectivity index (χ0) is 13.7. The van der Waals surface area contributed by atoms with E-state index in [4.69, 9.17) is 9.31 Å². The van der Waals surface area contributed by atoms with Gasteiger partial charge >= 0.3 is 7.12 Å². The Bertz CT molecular complexity index is 436. The summed E-state index contributed by atoms with van der Waals surface area (Å²) in [6.45, 7) is 10.5. The topological polar surface area (TPSA) is 30.5 Å². The fourth-order valence-electron chi connectivity index (χ4n) is 2.90. The average molecular weight is 316 g/mol. The highest BCUT2D eigenvalue weighted by Gasteiger charge is 2.55. The second kappa shape index (κ2) is 5.62. The first kappa shape index (κ1) is 16.3. The van der Waals surface area contributed by atoms with Crippen molar-refractivity contribution < 1.29 is 9.31 Å². The van der Waals surface area contributed by atoms with E-state index in [0.29, 0.717) is 11.7 Å². The largest absolute Gasteiger partial charge is 0.463 e. The fourth-order valence-corrected chi connectivity index (χ4v) is 3.62. The van der Waals surface area contributed by atoms with Gasteiger partial charge < -0.3 is 14.6 Å². The van der Waals surface area contributed by atoms with Gasteiger partial charge in [-0.3, -0.25) is 0 Å². The molecule has 112 valence electrons. The lowest BCUT2D eigenvalue weighted by Gasteiger charge is -2.32. The zero-order valence-electron chi connectivity index (χ0n) is 12.5. The third-order valence-corrected chi connectivity index (χ3v) is 5.55. The lowest BCUT2D eigenvalue weighted by atomic mass is 9.65. The second-order valence-electron chi connectivity index (χ2n) is 6.61. The van der Waals surface area contributed by atoms with Crippen molar-refractivity contribution in [1.82, 2.24) is 5.32 Å². The van der Waals surface area contributed by atoms with Crippen LogP contribution in [-0.4, -0.2) is 31.4 Å². The molecule has 2 saturated heterocycles. The summed E-state index contributed by atoms with van der Waals surface area (Å²) in [5.74, 6) is 0.900. The van der Waals surface area contributed by atoms with E-state index in [2.05, 4.69) is 49.8 Å². The number of thiophene rings is 1. The molecule has 1 N–H and O–H groups in total. The molecule has 6 heteroatoms. The molecule has 0 aliphatic carbocycles. The standard InChI is InChI=1S/C14H22BNO2S.ClH/c1-13(2)14(3,4)18-15(17-13)12-8-16-7-11(12)10-5-6-19-9-10;/h5-6,9,11-12,16H,7-8H2,1-4H3;1H. The van der Waals surface area contributed by atoms with E-state index < -0.39 is 0 Å². The molecule has 0 bridgehead atoms. The zero-order valence-corrected chi connectivity index (χ0v) is 14.1. The molecule has 3 nitrogen and oxygen atoms in total. The number of rotatable bonds is 2. The van der Waals surface area contributed by atoms with Crippen LogP contribution in [-0.2, 0) is 9.31 Å². The molecule has 0 radical (unpaired) electrons. The Hall–Kier alpha value is -0.0651. The third kappa shape index (κ3) is 2.66. The lowest BCUT2D eigenvalue weighted by molar-refractivity contribution is 0.00578. The molecule has 20 heavy (non-hydrogen) atoms. The molecule has 1 aromatic rings. The van der Waals surface area contributed by atoms with Crippen molar-refractivity contribution in [2.45, 2.75) is 50.6 Å². The van der Waals surface area contributed by atoms with Crippen LogP contribution in [0.2, 0.25) is 5.82 Å². The number of halogens is 1. The van der Waals surface area contributed by atoms with E-state index >= 15 is 0 Å². The highest BCUT2D eigenvalue weighted by molar-refractivity contribution is 7.08. The van der Waals surface area contributed by atoms with Gasteiger partial charge in [0.05, 0.1) is 11.2 Å². The number of hydrogen-bond acceptors (Lipinski definition) is 4. The fraction of sp³-hybridized carbons (Fsp3) is 0.714. The summed E-state index contributed by atoms with van der Waals surface area (Å²) in [6.07, 6.45) is 0. The van der Waals surface area contributed by atoms with E-state index in [1.165, 1.54) is 5.56 Å². The van der Waals surface area contributed by atoms with Crippen LogP contribution < -0.4 is 5.32 Å². The summed E-state index contributed by atoms with van der Waals surface area (Å²) in [6, 6.07) is 2.22. The maximum atomic E-state index is 6.22. The number of nitrogens with one attached hydrogen (secondary N) is 1. The first-order chi connectivity index (χ1) is 8.91. The maximum Gasteiger partial charge on any atom is 0.463 e. The van der Waals surface area contributed by atoms with Gasteiger partial charge in [-0.15, -0.1) is 12.4 Å². The maximum absolute atomic E-state index is 6.22. The smallest absolute Gasteiger partial charge is 0.403 e. The van der Waals surface area contributed by atoms with Crippen molar-refractivity contribution >= 4 is 30.9 Å². The van der Waals surface area contributed by atoms with E-state index in [0.717, 1.165) is 13.1 Å². The molecule has 2 atom stereocenters. The Labute approximate surface area is 132 Å².